The predicted octanol–water partition coefficient (Wildman–Crippen LogP) is 4.13. The number of aliphatic carboxylic acids is 1. The summed E-state index contributed by atoms with van der Waals surface area (Å²) in [6, 6.07) is 16.0. The van der Waals surface area contributed by atoms with Gasteiger partial charge in [0.1, 0.15) is 5.54 Å². The number of rotatable bonds is 6. The number of fused-ring (bicyclic) bond motifs is 1. The van der Waals surface area contributed by atoms with Crippen molar-refractivity contribution in [3.05, 3.63) is 106 Å². The molecule has 0 aromatic heterocycles. The summed E-state index contributed by atoms with van der Waals surface area (Å²) in [4.78, 5) is 51.8. The number of benzene rings is 3. The van der Waals surface area contributed by atoms with Gasteiger partial charge in [-0.25, -0.2) is 4.90 Å². The number of amides is 2. The third-order valence-electron chi connectivity index (χ3n) is 7.23. The average Bonchev–Trinajstić information content (AvgIpc) is 3.38. The Morgan fingerprint density at radius 1 is 1.00 bits per heavy atom. The third-order valence-corrected chi connectivity index (χ3v) is 7.23. The Bertz CT molecular complexity index is 1500. The average molecular weight is 539 g/mol. The first kappa shape index (κ1) is 26.0. The first-order valence-corrected chi connectivity index (χ1v) is 11.8. The molecule has 39 heavy (non-hydrogen) atoms. The van der Waals surface area contributed by atoms with Crippen LogP contribution in [0.5, 0.6) is 0 Å². The van der Waals surface area contributed by atoms with Crippen LogP contribution in [-0.2, 0) is 27.0 Å². The molecule has 200 valence electrons. The summed E-state index contributed by atoms with van der Waals surface area (Å²) in [5.74, 6) is -6.14. The number of imide groups is 1. The number of hydrogen-bond donors (Lipinski definition) is 2. The number of non-ortho nitro benzene ring substituents is 1. The van der Waals surface area contributed by atoms with Crippen LogP contribution in [0.1, 0.15) is 22.7 Å². The third kappa shape index (κ3) is 4.32. The van der Waals surface area contributed by atoms with Gasteiger partial charge >= 0.3 is 12.1 Å². The first-order chi connectivity index (χ1) is 18.4. The molecule has 3 aromatic carbocycles. The highest BCUT2D eigenvalue weighted by atomic mass is 19.4. The number of alkyl halides is 3. The van der Waals surface area contributed by atoms with Crippen molar-refractivity contribution in [1.82, 2.24) is 5.32 Å². The van der Waals surface area contributed by atoms with Gasteiger partial charge in [-0.3, -0.25) is 29.8 Å². The topological polar surface area (TPSA) is 130 Å². The van der Waals surface area contributed by atoms with Crippen molar-refractivity contribution < 1.29 is 37.6 Å². The molecule has 2 saturated heterocycles. The Labute approximate surface area is 219 Å². The maximum Gasteiger partial charge on any atom is 0.416 e. The van der Waals surface area contributed by atoms with E-state index < -0.39 is 63.6 Å². The zero-order chi connectivity index (χ0) is 28.1. The maximum absolute atomic E-state index is 13.8. The number of carboxylic acids is 1. The number of nitro benzene ring substituents is 1. The minimum absolute atomic E-state index is 0.0157. The van der Waals surface area contributed by atoms with Crippen molar-refractivity contribution in [3.8, 4) is 0 Å². The number of nitrogens with one attached hydrogen (secondary N) is 1. The fourth-order valence-corrected chi connectivity index (χ4v) is 5.55. The molecule has 12 heteroatoms. The van der Waals surface area contributed by atoms with Gasteiger partial charge in [-0.1, -0.05) is 48.5 Å². The van der Waals surface area contributed by atoms with Crippen LogP contribution in [-0.4, -0.2) is 33.4 Å². The zero-order valence-electron chi connectivity index (χ0n) is 20.0. The molecule has 0 saturated carbocycles. The molecule has 2 aliphatic heterocycles. The Hall–Kier alpha value is -4.58. The molecule has 2 heterocycles. The second-order valence-corrected chi connectivity index (χ2v) is 9.48. The van der Waals surface area contributed by atoms with E-state index in [4.69, 9.17) is 0 Å². The van der Waals surface area contributed by atoms with Crippen LogP contribution < -0.4 is 10.2 Å². The molecule has 9 nitrogen and oxygen atoms in total. The van der Waals surface area contributed by atoms with Gasteiger partial charge in [0.05, 0.1) is 28.0 Å². The summed E-state index contributed by atoms with van der Waals surface area (Å²) >= 11 is 0. The van der Waals surface area contributed by atoms with Gasteiger partial charge in [-0.05, 0) is 29.3 Å². The number of hydrogen-bond acceptors (Lipinski definition) is 6. The van der Waals surface area contributed by atoms with Gasteiger partial charge in [0.2, 0.25) is 11.8 Å². The molecule has 2 fully saturated rings. The predicted molar refractivity (Wildman–Crippen MR) is 130 cm³/mol. The molecular weight excluding hydrogens is 519 g/mol. The van der Waals surface area contributed by atoms with E-state index in [-0.39, 0.29) is 17.7 Å². The van der Waals surface area contributed by atoms with E-state index in [1.165, 1.54) is 24.3 Å². The number of nitrogens with zero attached hydrogens (tertiary/aromatic N) is 2. The molecule has 2 N–H and O–H groups in total. The minimum Gasteiger partial charge on any atom is -0.480 e. The van der Waals surface area contributed by atoms with Gasteiger partial charge in [-0.15, -0.1) is 0 Å². The normalized spacial score (nSPS) is 24.6. The Morgan fingerprint density at radius 3 is 2.33 bits per heavy atom. The summed E-state index contributed by atoms with van der Waals surface area (Å²) in [6.07, 6.45) is -4.95. The van der Waals surface area contributed by atoms with Crippen molar-refractivity contribution in [1.29, 1.82) is 0 Å². The molecule has 2 amide bonds. The van der Waals surface area contributed by atoms with Crippen molar-refractivity contribution >= 4 is 29.2 Å². The van der Waals surface area contributed by atoms with Crippen molar-refractivity contribution in [2.45, 2.75) is 24.2 Å². The highest BCUT2D eigenvalue weighted by Gasteiger charge is 2.68. The van der Waals surface area contributed by atoms with E-state index in [9.17, 15) is 42.8 Å². The number of halogens is 3. The lowest BCUT2D eigenvalue weighted by Crippen LogP contribution is -2.57. The molecule has 3 aromatic rings. The summed E-state index contributed by atoms with van der Waals surface area (Å²) in [6.45, 7) is 0. The van der Waals surface area contributed by atoms with E-state index >= 15 is 0 Å². The fraction of sp³-hybridized carbons (Fsp3) is 0.222. The quantitative estimate of drug-likeness (QED) is 0.274. The molecule has 0 radical (unpaired) electrons. The van der Waals surface area contributed by atoms with Gasteiger partial charge in [0, 0.05) is 24.6 Å². The number of carbonyl (C=O) groups excluding carboxylic acids is 2. The standard InChI is InChI=1S/C27H20F3N3O6/c28-27(29,30)17-9-4-8-16(12-17)22-20-21(26(31-22,25(36)37)14-15-6-2-1-3-7-15)24(35)32(23(20)34)18-10-5-11-19(13-18)33(38)39/h1-13,20-22,31H,14H2,(H,36,37). The van der Waals surface area contributed by atoms with Crippen LogP contribution in [0.15, 0.2) is 78.9 Å². The second kappa shape index (κ2) is 9.31. The number of anilines is 1. The van der Waals surface area contributed by atoms with Crippen molar-refractivity contribution in [3.63, 3.8) is 0 Å². The van der Waals surface area contributed by atoms with Gasteiger partial charge in [-0.2, -0.15) is 13.2 Å². The summed E-state index contributed by atoms with van der Waals surface area (Å²) in [5, 5.41) is 24.7. The fourth-order valence-electron chi connectivity index (χ4n) is 5.55. The van der Waals surface area contributed by atoms with E-state index in [0.29, 0.717) is 10.5 Å². The van der Waals surface area contributed by atoms with E-state index in [1.54, 1.807) is 30.3 Å². The lowest BCUT2D eigenvalue weighted by Gasteiger charge is -2.31. The van der Waals surface area contributed by atoms with Gasteiger partial charge in [0.25, 0.3) is 5.69 Å². The van der Waals surface area contributed by atoms with Gasteiger partial charge < -0.3 is 5.11 Å². The summed E-state index contributed by atoms with van der Waals surface area (Å²) in [7, 11) is 0. The van der Waals surface area contributed by atoms with Crippen molar-refractivity contribution in [2.24, 2.45) is 11.8 Å². The molecule has 4 atom stereocenters. The summed E-state index contributed by atoms with van der Waals surface area (Å²) in [5.41, 5.74) is -3.08. The summed E-state index contributed by atoms with van der Waals surface area (Å²) < 4.78 is 40.6. The minimum atomic E-state index is -4.70. The lowest BCUT2D eigenvalue weighted by atomic mass is 9.76. The highest BCUT2D eigenvalue weighted by Crippen LogP contribution is 2.51. The molecule has 2 aliphatic rings. The smallest absolute Gasteiger partial charge is 0.416 e. The first-order valence-electron chi connectivity index (χ1n) is 11.8. The van der Waals surface area contributed by atoms with E-state index in [2.05, 4.69) is 5.32 Å². The number of nitro groups is 1. The zero-order valence-corrected chi connectivity index (χ0v) is 20.0. The molecule has 0 spiro atoms. The van der Waals surface area contributed by atoms with E-state index in [0.717, 1.165) is 24.3 Å². The Kier molecular flexibility index (Phi) is 6.22. The van der Waals surface area contributed by atoms with Crippen LogP contribution in [0, 0.1) is 22.0 Å². The van der Waals surface area contributed by atoms with Gasteiger partial charge in [0.15, 0.2) is 0 Å². The molecule has 4 unspecified atom stereocenters. The Morgan fingerprint density at radius 2 is 1.69 bits per heavy atom. The molecule has 5 rings (SSSR count). The molecule has 0 bridgehead atoms. The van der Waals surface area contributed by atoms with Crippen LogP contribution in [0.25, 0.3) is 0 Å². The van der Waals surface area contributed by atoms with E-state index in [1.807, 2.05) is 0 Å². The van der Waals surface area contributed by atoms with Crippen LogP contribution in [0.3, 0.4) is 0 Å². The van der Waals surface area contributed by atoms with Crippen molar-refractivity contribution in [2.75, 3.05) is 4.90 Å². The lowest BCUT2D eigenvalue weighted by molar-refractivity contribution is -0.384. The largest absolute Gasteiger partial charge is 0.480 e. The van der Waals surface area contributed by atoms with Crippen LogP contribution >= 0.6 is 0 Å². The Balaban J connectivity index is 1.67. The monoisotopic (exact) mass is 539 g/mol. The maximum atomic E-state index is 13.8. The molecule has 0 aliphatic carbocycles. The van der Waals surface area contributed by atoms with Crippen LogP contribution in [0.4, 0.5) is 24.5 Å². The van der Waals surface area contributed by atoms with Crippen LogP contribution in [0.2, 0.25) is 0 Å². The SMILES string of the molecule is O=C1C2C(c3cccc(C(F)(F)F)c3)NC(Cc3ccccc3)(C(=O)O)C2C(=O)N1c1cccc([N+](=O)[O-])c1. The second-order valence-electron chi connectivity index (χ2n) is 9.48. The highest BCUT2D eigenvalue weighted by molar-refractivity contribution is 6.24. The molecular formula is C27H20F3N3O6. The number of carbonyl (C=O) groups is 3. The number of carboxylic acid groups (broad SMARTS) is 1.